The standard InChI is InChI=1S/C24H31FN2O3S/c1-24(2,3)31(29,30)17-19-7-6-8-21(15-19)26-23(28)22-9-4-5-14-27(22)16-18-10-12-20(25)13-11-18/h6-8,10-13,15,22H,4-5,9,14,16-17H2,1-3H3,(H,26,28). The second kappa shape index (κ2) is 9.49. The summed E-state index contributed by atoms with van der Waals surface area (Å²) in [6.07, 6.45) is 2.75. The minimum Gasteiger partial charge on any atom is -0.325 e. The first kappa shape index (κ1) is 23.4. The third-order valence-electron chi connectivity index (χ3n) is 5.70. The van der Waals surface area contributed by atoms with Gasteiger partial charge < -0.3 is 5.32 Å². The summed E-state index contributed by atoms with van der Waals surface area (Å²) < 4.78 is 37.4. The van der Waals surface area contributed by atoms with Crippen LogP contribution in [0.3, 0.4) is 0 Å². The van der Waals surface area contributed by atoms with Gasteiger partial charge in [0, 0.05) is 12.2 Å². The van der Waals surface area contributed by atoms with Crippen LogP contribution in [0.1, 0.15) is 51.2 Å². The third-order valence-corrected chi connectivity index (χ3v) is 8.28. The van der Waals surface area contributed by atoms with Crippen LogP contribution >= 0.6 is 0 Å². The lowest BCUT2D eigenvalue weighted by Crippen LogP contribution is -2.46. The van der Waals surface area contributed by atoms with E-state index in [-0.39, 0.29) is 23.5 Å². The molecule has 0 radical (unpaired) electrons. The molecule has 2 aromatic rings. The van der Waals surface area contributed by atoms with Gasteiger partial charge in [-0.25, -0.2) is 12.8 Å². The zero-order valence-electron chi connectivity index (χ0n) is 18.4. The Balaban J connectivity index is 1.70. The quantitative estimate of drug-likeness (QED) is 0.708. The van der Waals surface area contributed by atoms with Gasteiger partial charge in [-0.1, -0.05) is 30.7 Å². The summed E-state index contributed by atoms with van der Waals surface area (Å²) in [6.45, 7) is 6.45. The number of carbonyl (C=O) groups excluding carboxylic acids is 1. The molecular formula is C24H31FN2O3S. The van der Waals surface area contributed by atoms with Crippen LogP contribution in [0, 0.1) is 5.82 Å². The second-order valence-electron chi connectivity index (χ2n) is 9.17. The molecule has 5 nitrogen and oxygen atoms in total. The van der Waals surface area contributed by atoms with Gasteiger partial charge in [0.05, 0.1) is 16.5 Å². The van der Waals surface area contributed by atoms with Crippen LogP contribution in [-0.4, -0.2) is 36.6 Å². The number of sulfone groups is 1. The molecule has 1 heterocycles. The number of hydrogen-bond donors (Lipinski definition) is 1. The first-order chi connectivity index (χ1) is 14.5. The van der Waals surface area contributed by atoms with Gasteiger partial charge in [0.2, 0.25) is 5.91 Å². The molecule has 0 bridgehead atoms. The number of benzene rings is 2. The van der Waals surface area contributed by atoms with Gasteiger partial charge in [0.25, 0.3) is 0 Å². The molecule has 7 heteroatoms. The van der Waals surface area contributed by atoms with Gasteiger partial charge in [-0.15, -0.1) is 0 Å². The topological polar surface area (TPSA) is 66.5 Å². The van der Waals surface area contributed by atoms with E-state index >= 15 is 0 Å². The molecule has 168 valence electrons. The Kier molecular flexibility index (Phi) is 7.17. The Morgan fingerprint density at radius 2 is 1.81 bits per heavy atom. The Morgan fingerprint density at radius 3 is 2.48 bits per heavy atom. The fourth-order valence-corrected chi connectivity index (χ4v) is 4.75. The maximum atomic E-state index is 13.2. The predicted octanol–water partition coefficient (Wildman–Crippen LogP) is 4.53. The highest BCUT2D eigenvalue weighted by atomic mass is 32.2. The second-order valence-corrected chi connectivity index (χ2v) is 11.9. The maximum absolute atomic E-state index is 13.2. The van der Waals surface area contributed by atoms with E-state index in [1.165, 1.54) is 12.1 Å². The Bertz CT molecular complexity index is 1010. The SMILES string of the molecule is CC(C)(C)S(=O)(=O)Cc1cccc(NC(=O)C2CCCCN2Cc2ccc(F)cc2)c1. The number of carbonyl (C=O) groups is 1. The van der Waals surface area contributed by atoms with E-state index in [0.29, 0.717) is 17.8 Å². The number of piperidine rings is 1. The lowest BCUT2D eigenvalue weighted by Gasteiger charge is -2.34. The van der Waals surface area contributed by atoms with E-state index in [1.807, 2.05) is 0 Å². The normalized spacial score (nSPS) is 18.0. The van der Waals surface area contributed by atoms with E-state index in [1.54, 1.807) is 57.2 Å². The largest absolute Gasteiger partial charge is 0.325 e. The Hall–Kier alpha value is -2.25. The van der Waals surface area contributed by atoms with E-state index in [4.69, 9.17) is 0 Å². The molecule has 1 atom stereocenters. The van der Waals surface area contributed by atoms with Crippen molar-refractivity contribution in [3.8, 4) is 0 Å². The van der Waals surface area contributed by atoms with Gasteiger partial charge in [-0.05, 0) is 75.5 Å². The molecule has 0 aliphatic carbocycles. The maximum Gasteiger partial charge on any atom is 0.241 e. The molecule has 1 unspecified atom stereocenters. The Labute approximate surface area is 184 Å². The summed E-state index contributed by atoms with van der Waals surface area (Å²) in [7, 11) is -3.31. The molecule has 0 spiro atoms. The van der Waals surface area contributed by atoms with Gasteiger partial charge >= 0.3 is 0 Å². The molecule has 1 N–H and O–H groups in total. The molecule has 1 amide bonds. The summed E-state index contributed by atoms with van der Waals surface area (Å²) >= 11 is 0. The van der Waals surface area contributed by atoms with Crippen molar-refractivity contribution in [3.05, 3.63) is 65.5 Å². The smallest absolute Gasteiger partial charge is 0.241 e. The molecule has 1 fully saturated rings. The minimum absolute atomic E-state index is 0.0691. The van der Waals surface area contributed by atoms with Gasteiger partial charge in [-0.3, -0.25) is 9.69 Å². The number of likely N-dealkylation sites (tertiary alicyclic amines) is 1. The number of nitrogens with one attached hydrogen (secondary N) is 1. The van der Waals surface area contributed by atoms with Crippen LogP contribution in [0.25, 0.3) is 0 Å². The number of hydrogen-bond acceptors (Lipinski definition) is 4. The van der Waals surface area contributed by atoms with Crippen LogP contribution in [0.5, 0.6) is 0 Å². The van der Waals surface area contributed by atoms with Crippen LogP contribution in [0.15, 0.2) is 48.5 Å². The van der Waals surface area contributed by atoms with Crippen molar-refractivity contribution in [2.75, 3.05) is 11.9 Å². The lowest BCUT2D eigenvalue weighted by molar-refractivity contribution is -0.122. The number of halogens is 1. The summed E-state index contributed by atoms with van der Waals surface area (Å²) in [5, 5.41) is 2.97. The molecular weight excluding hydrogens is 415 g/mol. The highest BCUT2D eigenvalue weighted by Crippen LogP contribution is 2.24. The first-order valence-electron chi connectivity index (χ1n) is 10.7. The van der Waals surface area contributed by atoms with Crippen molar-refractivity contribution in [1.29, 1.82) is 0 Å². The molecule has 2 aromatic carbocycles. The van der Waals surface area contributed by atoms with Crippen LogP contribution < -0.4 is 5.32 Å². The molecule has 0 aromatic heterocycles. The van der Waals surface area contributed by atoms with Crippen molar-refractivity contribution in [2.24, 2.45) is 0 Å². The number of nitrogens with zero attached hydrogens (tertiary/aromatic N) is 1. The Morgan fingerprint density at radius 1 is 1.10 bits per heavy atom. The van der Waals surface area contributed by atoms with Crippen molar-refractivity contribution >= 4 is 21.4 Å². The number of amides is 1. The average molecular weight is 447 g/mol. The first-order valence-corrected chi connectivity index (χ1v) is 12.3. The van der Waals surface area contributed by atoms with Gasteiger partial charge in [-0.2, -0.15) is 0 Å². The molecule has 1 saturated heterocycles. The predicted molar refractivity (Wildman–Crippen MR) is 122 cm³/mol. The van der Waals surface area contributed by atoms with E-state index < -0.39 is 14.6 Å². The zero-order valence-corrected chi connectivity index (χ0v) is 19.2. The van der Waals surface area contributed by atoms with Crippen LogP contribution in [-0.2, 0) is 26.9 Å². The summed E-state index contributed by atoms with van der Waals surface area (Å²) in [5.74, 6) is -0.442. The molecule has 1 aliphatic heterocycles. The van der Waals surface area contributed by atoms with E-state index in [9.17, 15) is 17.6 Å². The van der Waals surface area contributed by atoms with E-state index in [2.05, 4.69) is 10.2 Å². The number of rotatable bonds is 6. The summed E-state index contributed by atoms with van der Waals surface area (Å²) in [4.78, 5) is 15.2. The van der Waals surface area contributed by atoms with Crippen molar-refractivity contribution in [3.63, 3.8) is 0 Å². The summed E-state index contributed by atoms with van der Waals surface area (Å²) in [5.41, 5.74) is 2.22. The molecule has 3 rings (SSSR count). The highest BCUT2D eigenvalue weighted by molar-refractivity contribution is 7.91. The monoisotopic (exact) mass is 446 g/mol. The fourth-order valence-electron chi connectivity index (χ4n) is 3.70. The average Bonchev–Trinajstić information content (AvgIpc) is 2.69. The third kappa shape index (κ3) is 6.14. The molecule has 0 saturated carbocycles. The van der Waals surface area contributed by atoms with Gasteiger partial charge in [0.15, 0.2) is 9.84 Å². The highest BCUT2D eigenvalue weighted by Gasteiger charge is 2.30. The van der Waals surface area contributed by atoms with Crippen molar-refractivity contribution < 1.29 is 17.6 Å². The number of anilines is 1. The minimum atomic E-state index is -3.31. The van der Waals surface area contributed by atoms with Crippen LogP contribution in [0.4, 0.5) is 10.1 Å². The summed E-state index contributed by atoms with van der Waals surface area (Å²) in [6, 6.07) is 13.1. The molecule has 1 aliphatic rings. The van der Waals surface area contributed by atoms with Crippen LogP contribution in [0.2, 0.25) is 0 Å². The lowest BCUT2D eigenvalue weighted by atomic mass is 10.00. The van der Waals surface area contributed by atoms with Crippen molar-refractivity contribution in [1.82, 2.24) is 4.90 Å². The van der Waals surface area contributed by atoms with E-state index in [0.717, 1.165) is 31.4 Å². The van der Waals surface area contributed by atoms with Gasteiger partial charge in [0.1, 0.15) is 5.82 Å². The zero-order chi connectivity index (χ0) is 22.6. The molecule has 31 heavy (non-hydrogen) atoms. The fraction of sp³-hybridized carbons (Fsp3) is 0.458. The van der Waals surface area contributed by atoms with Crippen molar-refractivity contribution in [2.45, 2.75) is 63.1 Å².